The number of halogens is 2. The van der Waals surface area contributed by atoms with Gasteiger partial charge in [0.05, 0.1) is 17.5 Å². The average molecular weight is 266 g/mol. The van der Waals surface area contributed by atoms with Crippen LogP contribution in [0.5, 0.6) is 0 Å². The van der Waals surface area contributed by atoms with Crippen LogP contribution in [0.25, 0.3) is 0 Å². The van der Waals surface area contributed by atoms with Crippen molar-refractivity contribution in [3.05, 3.63) is 52.9 Å². The van der Waals surface area contributed by atoms with Gasteiger partial charge in [-0.3, -0.25) is 4.68 Å². The van der Waals surface area contributed by atoms with Gasteiger partial charge in [0.25, 0.3) is 0 Å². The summed E-state index contributed by atoms with van der Waals surface area (Å²) < 4.78 is 27.9. The van der Waals surface area contributed by atoms with Crippen molar-refractivity contribution in [3.63, 3.8) is 0 Å². The molecular weight excluding hydrogens is 250 g/mol. The van der Waals surface area contributed by atoms with Crippen LogP contribution in [0, 0.1) is 18.6 Å². The summed E-state index contributed by atoms with van der Waals surface area (Å²) in [5.74, 6) is -1.27. The first-order valence-electron chi connectivity index (χ1n) is 6.17. The molecule has 0 saturated carbocycles. The van der Waals surface area contributed by atoms with E-state index in [-0.39, 0.29) is 6.42 Å². The summed E-state index contributed by atoms with van der Waals surface area (Å²) in [5.41, 5.74) is 1.89. The van der Waals surface area contributed by atoms with E-state index in [0.29, 0.717) is 17.8 Å². The van der Waals surface area contributed by atoms with Crippen molar-refractivity contribution >= 4 is 0 Å². The second-order valence-electron chi connectivity index (χ2n) is 4.52. The van der Waals surface area contributed by atoms with E-state index in [1.165, 1.54) is 12.1 Å². The second-order valence-corrected chi connectivity index (χ2v) is 4.52. The monoisotopic (exact) mass is 266 g/mol. The highest BCUT2D eigenvalue weighted by Crippen LogP contribution is 2.20. The third kappa shape index (κ3) is 3.17. The predicted molar refractivity (Wildman–Crippen MR) is 67.7 cm³/mol. The minimum absolute atomic E-state index is 0.153. The van der Waals surface area contributed by atoms with E-state index < -0.39 is 17.7 Å². The standard InChI is InChI=1S/C14H16F2N2O/c1-3-18-13(4-9(2)17-18)14(19)7-10-5-11(15)8-12(16)6-10/h4-6,8,14,19H,3,7H2,1-2H3. The molecular formula is C14H16F2N2O. The van der Waals surface area contributed by atoms with Gasteiger partial charge in [0.15, 0.2) is 0 Å². The Balaban J connectivity index is 2.22. The molecule has 102 valence electrons. The quantitative estimate of drug-likeness (QED) is 0.924. The fourth-order valence-corrected chi connectivity index (χ4v) is 2.14. The molecule has 1 heterocycles. The summed E-state index contributed by atoms with van der Waals surface area (Å²) in [6, 6.07) is 5.05. The van der Waals surface area contributed by atoms with Crippen molar-refractivity contribution in [2.45, 2.75) is 32.9 Å². The summed E-state index contributed by atoms with van der Waals surface area (Å²) in [6.07, 6.45) is -0.679. The van der Waals surface area contributed by atoms with Crippen LogP contribution in [0.2, 0.25) is 0 Å². The summed E-state index contributed by atoms with van der Waals surface area (Å²) >= 11 is 0. The molecule has 1 aromatic heterocycles. The molecule has 3 nitrogen and oxygen atoms in total. The largest absolute Gasteiger partial charge is 0.386 e. The second kappa shape index (κ2) is 5.48. The first-order chi connectivity index (χ1) is 8.99. The molecule has 0 radical (unpaired) electrons. The van der Waals surface area contributed by atoms with Crippen molar-refractivity contribution in [3.8, 4) is 0 Å². The molecule has 2 rings (SSSR count). The van der Waals surface area contributed by atoms with Crippen molar-refractivity contribution < 1.29 is 13.9 Å². The summed E-state index contributed by atoms with van der Waals surface area (Å²) in [7, 11) is 0. The molecule has 5 heteroatoms. The number of hydrogen-bond donors (Lipinski definition) is 1. The lowest BCUT2D eigenvalue weighted by atomic mass is 10.0. The van der Waals surface area contributed by atoms with Gasteiger partial charge in [-0.25, -0.2) is 8.78 Å². The Hall–Kier alpha value is -1.75. The molecule has 19 heavy (non-hydrogen) atoms. The van der Waals surface area contributed by atoms with Crippen molar-refractivity contribution in [2.75, 3.05) is 0 Å². The van der Waals surface area contributed by atoms with Gasteiger partial charge in [-0.2, -0.15) is 5.10 Å². The van der Waals surface area contributed by atoms with Crippen molar-refractivity contribution in [2.24, 2.45) is 0 Å². The normalized spacial score (nSPS) is 12.7. The lowest BCUT2D eigenvalue weighted by Gasteiger charge is -2.12. The summed E-state index contributed by atoms with van der Waals surface area (Å²) in [5, 5.41) is 14.4. The highest BCUT2D eigenvalue weighted by molar-refractivity contribution is 5.21. The average Bonchev–Trinajstić information content (AvgIpc) is 2.69. The van der Waals surface area contributed by atoms with E-state index in [1.807, 2.05) is 13.8 Å². The molecule has 0 aliphatic heterocycles. The van der Waals surface area contributed by atoms with Gasteiger partial charge in [0, 0.05) is 19.0 Å². The third-order valence-corrected chi connectivity index (χ3v) is 2.93. The number of rotatable bonds is 4. The molecule has 1 aromatic carbocycles. The molecule has 0 spiro atoms. The van der Waals surface area contributed by atoms with Crippen LogP contribution < -0.4 is 0 Å². The van der Waals surface area contributed by atoms with Gasteiger partial charge in [-0.1, -0.05) is 0 Å². The topological polar surface area (TPSA) is 38.0 Å². The first kappa shape index (κ1) is 13.7. The van der Waals surface area contributed by atoms with Crippen LogP contribution in [-0.4, -0.2) is 14.9 Å². The molecule has 1 unspecified atom stereocenters. The SMILES string of the molecule is CCn1nc(C)cc1C(O)Cc1cc(F)cc(F)c1. The molecule has 0 amide bonds. The number of nitrogens with zero attached hydrogens (tertiary/aromatic N) is 2. The van der Waals surface area contributed by atoms with E-state index in [0.717, 1.165) is 11.8 Å². The molecule has 1 atom stereocenters. The van der Waals surface area contributed by atoms with Crippen molar-refractivity contribution in [1.82, 2.24) is 9.78 Å². The molecule has 0 fully saturated rings. The number of aromatic nitrogens is 2. The maximum Gasteiger partial charge on any atom is 0.126 e. The molecule has 0 aliphatic carbocycles. The van der Waals surface area contributed by atoms with Gasteiger partial charge in [0.1, 0.15) is 11.6 Å². The fourth-order valence-electron chi connectivity index (χ4n) is 2.14. The molecule has 2 aromatic rings. The predicted octanol–water partition coefficient (Wildman–Crippen LogP) is 2.77. The van der Waals surface area contributed by atoms with Gasteiger partial charge in [0.2, 0.25) is 0 Å². The Labute approximate surface area is 110 Å². The molecule has 0 saturated heterocycles. The number of aliphatic hydroxyl groups is 1. The van der Waals surface area contributed by atoms with Crippen molar-refractivity contribution in [1.29, 1.82) is 0 Å². The Kier molecular flexibility index (Phi) is 3.95. The smallest absolute Gasteiger partial charge is 0.126 e. The number of aryl methyl sites for hydroxylation is 2. The Bertz CT molecular complexity index is 561. The van der Waals surface area contributed by atoms with E-state index in [4.69, 9.17) is 0 Å². The van der Waals surface area contributed by atoms with E-state index in [2.05, 4.69) is 5.10 Å². The lowest BCUT2D eigenvalue weighted by molar-refractivity contribution is 0.167. The van der Waals surface area contributed by atoms with Crippen LogP contribution in [0.4, 0.5) is 8.78 Å². The zero-order chi connectivity index (χ0) is 14.0. The first-order valence-corrected chi connectivity index (χ1v) is 6.17. The van der Waals surface area contributed by atoms with Crippen LogP contribution in [0.3, 0.4) is 0 Å². The third-order valence-electron chi connectivity index (χ3n) is 2.93. The minimum Gasteiger partial charge on any atom is -0.386 e. The maximum atomic E-state index is 13.1. The van der Waals surface area contributed by atoms with E-state index in [1.54, 1.807) is 10.7 Å². The highest BCUT2D eigenvalue weighted by atomic mass is 19.1. The van der Waals surface area contributed by atoms with Gasteiger partial charge in [-0.15, -0.1) is 0 Å². The lowest BCUT2D eigenvalue weighted by Crippen LogP contribution is -2.10. The maximum absolute atomic E-state index is 13.1. The van der Waals surface area contributed by atoms with E-state index in [9.17, 15) is 13.9 Å². The van der Waals surface area contributed by atoms with Gasteiger partial charge in [-0.05, 0) is 37.6 Å². The van der Waals surface area contributed by atoms with E-state index >= 15 is 0 Å². The Morgan fingerprint density at radius 3 is 2.42 bits per heavy atom. The van der Waals surface area contributed by atoms with Crippen LogP contribution >= 0.6 is 0 Å². The van der Waals surface area contributed by atoms with Crippen LogP contribution in [0.15, 0.2) is 24.3 Å². The van der Waals surface area contributed by atoms with Gasteiger partial charge >= 0.3 is 0 Å². The number of benzene rings is 1. The fraction of sp³-hybridized carbons (Fsp3) is 0.357. The molecule has 1 N–H and O–H groups in total. The zero-order valence-corrected chi connectivity index (χ0v) is 10.9. The minimum atomic E-state index is -0.831. The van der Waals surface area contributed by atoms with Crippen LogP contribution in [0.1, 0.15) is 30.0 Å². The van der Waals surface area contributed by atoms with Crippen LogP contribution in [-0.2, 0) is 13.0 Å². The summed E-state index contributed by atoms with van der Waals surface area (Å²) in [6.45, 7) is 4.40. The Morgan fingerprint density at radius 1 is 1.21 bits per heavy atom. The molecule has 0 aliphatic rings. The zero-order valence-electron chi connectivity index (χ0n) is 10.9. The van der Waals surface area contributed by atoms with Gasteiger partial charge < -0.3 is 5.11 Å². The number of hydrogen-bond acceptors (Lipinski definition) is 2. The number of aliphatic hydroxyl groups excluding tert-OH is 1. The molecule has 0 bridgehead atoms. The summed E-state index contributed by atoms with van der Waals surface area (Å²) in [4.78, 5) is 0. The Morgan fingerprint density at radius 2 is 1.84 bits per heavy atom. The highest BCUT2D eigenvalue weighted by Gasteiger charge is 2.15.